The van der Waals surface area contributed by atoms with E-state index in [0.29, 0.717) is 10.8 Å². The van der Waals surface area contributed by atoms with E-state index in [1.165, 1.54) is 5.56 Å². The van der Waals surface area contributed by atoms with Gasteiger partial charge in [-0.15, -0.1) is 0 Å². The van der Waals surface area contributed by atoms with Crippen molar-refractivity contribution in [2.75, 3.05) is 6.61 Å². The van der Waals surface area contributed by atoms with Crippen LogP contribution in [0.15, 0.2) is 48.5 Å². The average molecular weight is 443 g/mol. The monoisotopic (exact) mass is 442 g/mol. The molecule has 2 aromatic carbocycles. The summed E-state index contributed by atoms with van der Waals surface area (Å²) >= 11 is 6.12. The summed E-state index contributed by atoms with van der Waals surface area (Å²) in [5.74, 6) is 0.263. The fraction of sp³-hybridized carbons (Fsp3) is 0.440. The Hall–Kier alpha value is -2.53. The van der Waals surface area contributed by atoms with Crippen LogP contribution in [0.5, 0.6) is 5.75 Å². The Bertz CT molecular complexity index is 879. The zero-order chi connectivity index (χ0) is 22.2. The highest BCUT2D eigenvalue weighted by atomic mass is 35.5. The van der Waals surface area contributed by atoms with Crippen molar-refractivity contribution in [1.82, 2.24) is 10.2 Å². The second-order valence-corrected chi connectivity index (χ2v) is 8.54. The van der Waals surface area contributed by atoms with Gasteiger partial charge in [-0.3, -0.25) is 9.59 Å². The van der Waals surface area contributed by atoms with E-state index in [9.17, 15) is 9.59 Å². The van der Waals surface area contributed by atoms with Crippen LogP contribution in [0.4, 0.5) is 0 Å². The van der Waals surface area contributed by atoms with Gasteiger partial charge in [0.25, 0.3) is 5.91 Å². The first-order valence-electron chi connectivity index (χ1n) is 11.0. The maximum atomic E-state index is 13.1. The Kier molecular flexibility index (Phi) is 8.35. The van der Waals surface area contributed by atoms with Crippen LogP contribution in [-0.4, -0.2) is 35.4 Å². The number of benzene rings is 2. The smallest absolute Gasteiger partial charge is 0.261 e. The Balaban J connectivity index is 1.69. The second kappa shape index (κ2) is 11.2. The number of rotatable bonds is 9. The molecule has 0 bridgehead atoms. The third-order valence-corrected chi connectivity index (χ3v) is 6.04. The lowest BCUT2D eigenvalue weighted by Crippen LogP contribution is -2.50. The number of amides is 2. The number of halogens is 1. The van der Waals surface area contributed by atoms with Crippen LogP contribution >= 0.6 is 11.6 Å². The summed E-state index contributed by atoms with van der Waals surface area (Å²) in [4.78, 5) is 27.5. The quantitative estimate of drug-likeness (QED) is 0.609. The van der Waals surface area contributed by atoms with Crippen molar-refractivity contribution in [3.8, 4) is 5.75 Å². The zero-order valence-electron chi connectivity index (χ0n) is 18.3. The molecule has 0 aromatic heterocycles. The number of hydrogen-bond acceptors (Lipinski definition) is 3. The van der Waals surface area contributed by atoms with Crippen LogP contribution < -0.4 is 10.1 Å². The van der Waals surface area contributed by atoms with Crippen LogP contribution in [-0.2, 0) is 22.6 Å². The van der Waals surface area contributed by atoms with E-state index in [4.69, 9.17) is 16.3 Å². The van der Waals surface area contributed by atoms with Crippen LogP contribution in [0.2, 0.25) is 5.02 Å². The van der Waals surface area contributed by atoms with Gasteiger partial charge in [-0.05, 0) is 61.6 Å². The lowest BCUT2D eigenvalue weighted by Gasteiger charge is -2.29. The summed E-state index contributed by atoms with van der Waals surface area (Å²) in [6, 6.07) is 14.6. The molecule has 31 heavy (non-hydrogen) atoms. The summed E-state index contributed by atoms with van der Waals surface area (Å²) in [5.41, 5.74) is 2.08. The van der Waals surface area contributed by atoms with Gasteiger partial charge in [0.1, 0.15) is 11.8 Å². The van der Waals surface area contributed by atoms with E-state index < -0.39 is 6.04 Å². The van der Waals surface area contributed by atoms with Crippen LogP contribution in [0, 0.1) is 0 Å². The van der Waals surface area contributed by atoms with E-state index in [2.05, 4.69) is 12.2 Å². The van der Waals surface area contributed by atoms with E-state index in [1.807, 2.05) is 42.5 Å². The maximum absolute atomic E-state index is 13.1. The fourth-order valence-corrected chi connectivity index (χ4v) is 4.07. The first-order chi connectivity index (χ1) is 15.0. The van der Waals surface area contributed by atoms with Gasteiger partial charge < -0.3 is 15.0 Å². The molecule has 1 N–H and O–H groups in total. The molecule has 1 unspecified atom stereocenters. The molecule has 1 aliphatic carbocycles. The van der Waals surface area contributed by atoms with Crippen molar-refractivity contribution in [2.45, 2.75) is 64.6 Å². The van der Waals surface area contributed by atoms with Crippen molar-refractivity contribution in [3.63, 3.8) is 0 Å². The fourth-order valence-electron chi connectivity index (χ4n) is 3.86. The molecule has 5 nitrogen and oxygen atoms in total. The number of carbonyl (C=O) groups is 2. The Morgan fingerprint density at radius 2 is 1.84 bits per heavy atom. The Morgan fingerprint density at radius 3 is 2.48 bits per heavy atom. The number of hydrogen-bond donors (Lipinski definition) is 1. The van der Waals surface area contributed by atoms with Crippen molar-refractivity contribution in [1.29, 1.82) is 0 Å². The summed E-state index contributed by atoms with van der Waals surface area (Å²) in [7, 11) is 0. The lowest BCUT2D eigenvalue weighted by atomic mass is 10.1. The molecule has 0 spiro atoms. The van der Waals surface area contributed by atoms with Gasteiger partial charge >= 0.3 is 0 Å². The molecule has 2 amide bonds. The van der Waals surface area contributed by atoms with Gasteiger partial charge in [-0.25, -0.2) is 0 Å². The van der Waals surface area contributed by atoms with E-state index in [-0.39, 0.29) is 31.0 Å². The largest absolute Gasteiger partial charge is 0.484 e. The predicted octanol–water partition coefficient (Wildman–Crippen LogP) is 4.76. The SMILES string of the molecule is CCc1ccc(OCC(=O)N(Cc2cccc(Cl)c2)C(C)C(=O)NC2CCCC2)cc1. The molecule has 1 aliphatic rings. The highest BCUT2D eigenvalue weighted by molar-refractivity contribution is 6.30. The second-order valence-electron chi connectivity index (χ2n) is 8.10. The molecular formula is C25H31ClN2O3. The van der Waals surface area contributed by atoms with E-state index in [0.717, 1.165) is 37.7 Å². The molecule has 1 atom stereocenters. The highest BCUT2D eigenvalue weighted by Gasteiger charge is 2.28. The van der Waals surface area contributed by atoms with Crippen molar-refractivity contribution in [2.24, 2.45) is 0 Å². The first kappa shape index (κ1) is 23.1. The van der Waals surface area contributed by atoms with Gasteiger partial charge in [-0.2, -0.15) is 0 Å². The topological polar surface area (TPSA) is 58.6 Å². The van der Waals surface area contributed by atoms with Crippen molar-refractivity contribution < 1.29 is 14.3 Å². The number of carbonyl (C=O) groups excluding carboxylic acids is 2. The molecule has 166 valence electrons. The molecule has 2 aromatic rings. The first-order valence-corrected chi connectivity index (χ1v) is 11.4. The number of nitrogens with zero attached hydrogens (tertiary/aromatic N) is 1. The van der Waals surface area contributed by atoms with E-state index >= 15 is 0 Å². The van der Waals surface area contributed by atoms with E-state index in [1.54, 1.807) is 17.9 Å². The minimum absolute atomic E-state index is 0.130. The van der Waals surface area contributed by atoms with Crippen LogP contribution in [0.25, 0.3) is 0 Å². The highest BCUT2D eigenvalue weighted by Crippen LogP contribution is 2.19. The standard InChI is InChI=1S/C25H31ClN2O3/c1-3-19-11-13-23(14-12-19)31-17-24(29)28(16-20-7-6-8-21(26)15-20)18(2)25(30)27-22-9-4-5-10-22/h6-8,11-15,18,22H,3-5,9-10,16-17H2,1-2H3,(H,27,30). The number of aryl methyl sites for hydroxylation is 1. The average Bonchev–Trinajstić information content (AvgIpc) is 3.28. The minimum Gasteiger partial charge on any atom is -0.484 e. The summed E-state index contributed by atoms with van der Waals surface area (Å²) in [6.45, 7) is 4.01. The number of ether oxygens (including phenoxy) is 1. The molecule has 0 aliphatic heterocycles. The van der Waals surface area contributed by atoms with Gasteiger partial charge in [0.2, 0.25) is 5.91 Å². The molecular weight excluding hydrogens is 412 g/mol. The Labute approximate surface area is 189 Å². The van der Waals surface area contributed by atoms with Crippen molar-refractivity contribution >= 4 is 23.4 Å². The third-order valence-electron chi connectivity index (χ3n) is 5.80. The van der Waals surface area contributed by atoms with Crippen molar-refractivity contribution in [3.05, 3.63) is 64.7 Å². The molecule has 6 heteroatoms. The minimum atomic E-state index is -0.613. The summed E-state index contributed by atoms with van der Waals surface area (Å²) in [5, 5.41) is 3.70. The maximum Gasteiger partial charge on any atom is 0.261 e. The Morgan fingerprint density at radius 1 is 1.13 bits per heavy atom. The molecule has 1 saturated carbocycles. The number of nitrogens with one attached hydrogen (secondary N) is 1. The van der Waals surface area contributed by atoms with Gasteiger partial charge in [0.05, 0.1) is 0 Å². The zero-order valence-corrected chi connectivity index (χ0v) is 19.0. The van der Waals surface area contributed by atoms with Gasteiger partial charge in [-0.1, -0.05) is 55.6 Å². The third kappa shape index (κ3) is 6.73. The summed E-state index contributed by atoms with van der Waals surface area (Å²) < 4.78 is 5.72. The molecule has 0 heterocycles. The molecule has 3 rings (SSSR count). The summed E-state index contributed by atoms with van der Waals surface area (Å²) in [6.07, 6.45) is 5.21. The molecule has 0 saturated heterocycles. The van der Waals surface area contributed by atoms with Crippen LogP contribution in [0.1, 0.15) is 50.7 Å². The predicted molar refractivity (Wildman–Crippen MR) is 123 cm³/mol. The van der Waals surface area contributed by atoms with Crippen LogP contribution in [0.3, 0.4) is 0 Å². The molecule has 0 radical (unpaired) electrons. The lowest BCUT2D eigenvalue weighted by molar-refractivity contribution is -0.142. The normalized spacial score (nSPS) is 14.8. The van der Waals surface area contributed by atoms with Gasteiger partial charge in [0, 0.05) is 17.6 Å². The van der Waals surface area contributed by atoms with Gasteiger partial charge in [0.15, 0.2) is 6.61 Å². The molecule has 1 fully saturated rings.